The third-order valence-electron chi connectivity index (χ3n) is 14.0. The van der Waals surface area contributed by atoms with Gasteiger partial charge in [-0.1, -0.05) is 193 Å². The van der Waals surface area contributed by atoms with E-state index in [4.69, 9.17) is 11.3 Å². The highest BCUT2D eigenvalue weighted by atomic mass is 16.3. The Bertz CT molecular complexity index is 3590. The summed E-state index contributed by atoms with van der Waals surface area (Å²) in [6.07, 6.45) is 1.88. The highest BCUT2D eigenvalue weighted by Gasteiger charge is 2.29. The van der Waals surface area contributed by atoms with Gasteiger partial charge in [-0.05, 0) is 150 Å². The first-order chi connectivity index (χ1) is 35.1. The van der Waals surface area contributed by atoms with Crippen LogP contribution in [0.5, 0.6) is 5.75 Å². The monoisotopic (exact) mass is 938 g/mol. The molecule has 0 spiro atoms. The van der Waals surface area contributed by atoms with Gasteiger partial charge in [-0.2, -0.15) is 0 Å². The number of pyridine rings is 1. The molecular formula is C67H71N3O. The van der Waals surface area contributed by atoms with Crippen LogP contribution in [0.1, 0.15) is 141 Å². The van der Waals surface area contributed by atoms with Gasteiger partial charge < -0.3 is 5.11 Å². The van der Waals surface area contributed by atoms with Crippen molar-refractivity contribution < 1.29 is 10.6 Å². The van der Waals surface area contributed by atoms with E-state index in [1.54, 1.807) is 6.07 Å². The summed E-state index contributed by atoms with van der Waals surface area (Å²) in [5, 5.41) is 12.6. The van der Waals surface area contributed by atoms with E-state index in [0.29, 0.717) is 28.1 Å². The molecule has 1 N–H and O–H groups in total. The molecule has 0 radical (unpaired) electrons. The minimum absolute atomic E-state index is 0.106. The zero-order chi connectivity index (χ0) is 54.2. The lowest BCUT2D eigenvalue weighted by Gasteiger charge is -2.27. The standard InChI is InChI=1S/C67H71N3O/c1-41(2)49-32-50(42(3)4)34-51(33-49)47-27-28-60(43(5)31-47)70-61-22-18-21-56(62(61)69-64(70)57-39-55(66(9,10)11)40-58(63(57)71)67(12,13)14)52-35-53(37-54(36-52)65(6,7)8)59-38-48(29-30-68-59)46-25-23-45(24-26-46)44-19-16-15-17-20-44/h15-42,71H,1-14H3/i5D3,41D. The molecule has 0 aliphatic heterocycles. The van der Waals surface area contributed by atoms with Crippen LogP contribution in [0.25, 0.3) is 83.9 Å². The lowest BCUT2D eigenvalue weighted by Crippen LogP contribution is -2.17. The van der Waals surface area contributed by atoms with Gasteiger partial charge in [0.05, 0.1) is 28.0 Å². The Hall–Kier alpha value is -7.04. The number of aryl methyl sites for hydroxylation is 1. The second-order valence-corrected chi connectivity index (χ2v) is 23.0. The summed E-state index contributed by atoms with van der Waals surface area (Å²) in [6, 6.07) is 52.0. The molecule has 4 heteroatoms. The first kappa shape index (κ1) is 43.9. The Balaban J connectivity index is 1.30. The fourth-order valence-electron chi connectivity index (χ4n) is 9.54. The Morgan fingerprint density at radius 3 is 1.79 bits per heavy atom. The fraction of sp³-hybridized carbons (Fsp3) is 0.284. The summed E-state index contributed by atoms with van der Waals surface area (Å²) in [6.45, 7) is 24.9. The summed E-state index contributed by atoms with van der Waals surface area (Å²) in [4.78, 5) is 10.5. The van der Waals surface area contributed by atoms with Crippen molar-refractivity contribution in [3.8, 4) is 78.6 Å². The molecule has 7 aromatic carbocycles. The van der Waals surface area contributed by atoms with E-state index in [1.165, 1.54) is 5.56 Å². The third-order valence-corrected chi connectivity index (χ3v) is 14.0. The molecule has 0 saturated heterocycles. The first-order valence-corrected chi connectivity index (χ1v) is 25.0. The summed E-state index contributed by atoms with van der Waals surface area (Å²) in [5.41, 5.74) is 16.0. The largest absolute Gasteiger partial charge is 0.507 e. The smallest absolute Gasteiger partial charge is 0.149 e. The Morgan fingerprint density at radius 1 is 0.521 bits per heavy atom. The zero-order valence-electron chi connectivity index (χ0n) is 47.9. The number of hydrogen-bond acceptors (Lipinski definition) is 3. The number of phenols is 1. The van der Waals surface area contributed by atoms with Gasteiger partial charge in [0.2, 0.25) is 0 Å². The number of phenolic OH excluding ortho intramolecular Hbond substituents is 1. The lowest BCUT2D eigenvalue weighted by atomic mass is 9.79. The quantitative estimate of drug-likeness (QED) is 0.157. The minimum atomic E-state index is -2.56. The van der Waals surface area contributed by atoms with Crippen molar-refractivity contribution in [2.24, 2.45) is 0 Å². The van der Waals surface area contributed by atoms with E-state index in [0.717, 1.165) is 78.0 Å². The van der Waals surface area contributed by atoms with E-state index < -0.39 is 18.2 Å². The number of imidazole rings is 1. The number of para-hydroxylation sites is 1. The van der Waals surface area contributed by atoms with Crippen LogP contribution >= 0.6 is 0 Å². The van der Waals surface area contributed by atoms with Crippen molar-refractivity contribution >= 4 is 11.0 Å². The highest BCUT2D eigenvalue weighted by Crippen LogP contribution is 2.46. The highest BCUT2D eigenvalue weighted by molar-refractivity contribution is 5.97. The van der Waals surface area contributed by atoms with Crippen molar-refractivity contribution in [3.63, 3.8) is 0 Å². The molecule has 4 nitrogen and oxygen atoms in total. The number of benzene rings is 7. The molecule has 0 aliphatic rings. The molecule has 9 aromatic rings. The molecule has 0 unspecified atom stereocenters. The van der Waals surface area contributed by atoms with E-state index >= 15 is 0 Å². The number of aromatic nitrogens is 3. The molecule has 0 amide bonds. The Morgan fingerprint density at radius 2 is 1.14 bits per heavy atom. The number of nitrogens with zero attached hydrogens (tertiary/aromatic N) is 3. The number of hydrogen-bond donors (Lipinski definition) is 1. The van der Waals surface area contributed by atoms with Crippen molar-refractivity contribution in [2.75, 3.05) is 0 Å². The molecule has 2 heterocycles. The SMILES string of the molecule is [2H]C([2H])([2H])c1cc(-c2cc(C(C)C)cc(C([2H])(C)C)c2)ccc1-n1c(-c2cc(C(C)(C)C)cc(C(C)(C)C)c2O)nc2c(-c3cc(-c4cc(-c5ccc(-c6ccccc6)cc5)ccn4)cc(C(C)(C)C)c3)cccc21. The Labute approximate surface area is 429 Å². The third kappa shape index (κ3) is 9.87. The van der Waals surface area contributed by atoms with Crippen LogP contribution in [0.4, 0.5) is 0 Å². The van der Waals surface area contributed by atoms with Crippen molar-refractivity contribution in [3.05, 3.63) is 191 Å². The van der Waals surface area contributed by atoms with Crippen molar-refractivity contribution in [2.45, 2.75) is 125 Å². The lowest BCUT2D eigenvalue weighted by molar-refractivity contribution is 0.446. The second kappa shape index (κ2) is 18.6. The molecule has 0 atom stereocenters. The van der Waals surface area contributed by atoms with E-state index in [9.17, 15) is 9.22 Å². The summed E-state index contributed by atoms with van der Waals surface area (Å²) >= 11 is 0. The van der Waals surface area contributed by atoms with Crippen molar-refractivity contribution in [1.82, 2.24) is 14.5 Å². The van der Waals surface area contributed by atoms with E-state index in [-0.39, 0.29) is 28.1 Å². The molecule has 2 aromatic heterocycles. The summed E-state index contributed by atoms with van der Waals surface area (Å²) in [5.74, 6) is -0.131. The maximum atomic E-state index is 12.6. The molecule has 0 saturated carbocycles. The van der Waals surface area contributed by atoms with Crippen molar-refractivity contribution in [1.29, 1.82) is 0 Å². The van der Waals surface area contributed by atoms with Crippen LogP contribution in [-0.2, 0) is 16.2 Å². The van der Waals surface area contributed by atoms with Gasteiger partial charge >= 0.3 is 0 Å². The van der Waals surface area contributed by atoms with Gasteiger partial charge in [0, 0.05) is 28.4 Å². The molecule has 0 fully saturated rings. The average Bonchev–Trinajstić information content (AvgIpc) is 3.77. The normalized spacial score (nSPS) is 13.5. The molecule has 0 bridgehead atoms. The average molecular weight is 938 g/mol. The topological polar surface area (TPSA) is 50.9 Å². The summed E-state index contributed by atoms with van der Waals surface area (Å²) < 4.78 is 38.5. The number of aromatic hydroxyl groups is 1. The predicted octanol–water partition coefficient (Wildman–Crippen LogP) is 18.6. The van der Waals surface area contributed by atoms with Crippen LogP contribution < -0.4 is 0 Å². The molecule has 71 heavy (non-hydrogen) atoms. The minimum Gasteiger partial charge on any atom is -0.507 e. The molecule has 9 rings (SSSR count). The van der Waals surface area contributed by atoms with Crippen LogP contribution in [0.15, 0.2) is 158 Å². The van der Waals surface area contributed by atoms with Gasteiger partial charge in [-0.25, -0.2) is 4.98 Å². The maximum Gasteiger partial charge on any atom is 0.149 e. The van der Waals surface area contributed by atoms with Crippen LogP contribution in [0, 0.1) is 6.85 Å². The van der Waals surface area contributed by atoms with Crippen LogP contribution in [0.3, 0.4) is 0 Å². The van der Waals surface area contributed by atoms with Gasteiger partial charge in [0.1, 0.15) is 11.6 Å². The number of fused-ring (bicyclic) bond motifs is 1. The van der Waals surface area contributed by atoms with Gasteiger partial charge in [0.15, 0.2) is 0 Å². The van der Waals surface area contributed by atoms with Gasteiger partial charge in [-0.3, -0.25) is 9.55 Å². The second-order valence-electron chi connectivity index (χ2n) is 23.0. The predicted molar refractivity (Wildman–Crippen MR) is 302 cm³/mol. The van der Waals surface area contributed by atoms with Crippen LogP contribution in [-0.4, -0.2) is 19.6 Å². The van der Waals surface area contributed by atoms with Gasteiger partial charge in [-0.15, -0.1) is 0 Å². The van der Waals surface area contributed by atoms with Gasteiger partial charge in [0.25, 0.3) is 0 Å². The van der Waals surface area contributed by atoms with Crippen LogP contribution in [0.2, 0.25) is 0 Å². The summed E-state index contributed by atoms with van der Waals surface area (Å²) in [7, 11) is 0. The number of rotatable bonds is 9. The zero-order valence-corrected chi connectivity index (χ0v) is 43.9. The first-order valence-electron chi connectivity index (χ1n) is 27.0. The molecule has 360 valence electrons. The molecule has 0 aliphatic carbocycles. The maximum absolute atomic E-state index is 12.6. The van der Waals surface area contributed by atoms with E-state index in [1.807, 2.05) is 67.1 Å². The molecular weight excluding hydrogens is 863 g/mol. The Kier molecular flexibility index (Phi) is 11.5. The fourth-order valence-corrected chi connectivity index (χ4v) is 9.54. The van der Waals surface area contributed by atoms with E-state index in [2.05, 4.69) is 179 Å².